The fourth-order valence-corrected chi connectivity index (χ4v) is 1.41. The zero-order valence-electron chi connectivity index (χ0n) is 7.26. The van der Waals surface area contributed by atoms with E-state index in [1.165, 1.54) is 6.92 Å². The van der Waals surface area contributed by atoms with Crippen molar-refractivity contribution >= 4 is 29.0 Å². The maximum atomic E-state index is 10.9. The van der Waals surface area contributed by atoms with Crippen LogP contribution in [0, 0.1) is 0 Å². The Morgan fingerprint density at radius 2 is 2.23 bits per heavy atom. The Balaban J connectivity index is 2.69. The number of halogens is 2. The van der Waals surface area contributed by atoms with Crippen molar-refractivity contribution in [2.24, 2.45) is 0 Å². The molecular weight excluding hydrogens is 207 g/mol. The van der Waals surface area contributed by atoms with Gasteiger partial charge >= 0.3 is 0 Å². The first-order valence-corrected chi connectivity index (χ1v) is 4.80. The third kappa shape index (κ3) is 3.37. The highest BCUT2D eigenvalue weighted by molar-refractivity contribution is 6.31. The smallest absolute Gasteiger partial charge is 0.147 e. The van der Waals surface area contributed by atoms with E-state index in [9.17, 15) is 4.79 Å². The maximum absolute atomic E-state index is 10.9. The molecule has 0 aliphatic heterocycles. The molecule has 70 valence electrons. The van der Waals surface area contributed by atoms with E-state index in [1.54, 1.807) is 6.07 Å². The summed E-state index contributed by atoms with van der Waals surface area (Å²) in [6, 6.07) is 7.37. The molecule has 0 saturated carbocycles. The second kappa shape index (κ2) is 4.64. The summed E-state index contributed by atoms with van der Waals surface area (Å²) in [7, 11) is 0. The molecule has 0 fully saturated rings. The lowest BCUT2D eigenvalue weighted by molar-refractivity contribution is -0.116. The first kappa shape index (κ1) is 10.6. The van der Waals surface area contributed by atoms with Crippen molar-refractivity contribution in [3.63, 3.8) is 0 Å². The quantitative estimate of drug-likeness (QED) is 0.711. The Morgan fingerprint density at radius 3 is 2.77 bits per heavy atom. The van der Waals surface area contributed by atoms with Gasteiger partial charge in [0.1, 0.15) is 5.78 Å². The monoisotopic (exact) mass is 216 g/mol. The van der Waals surface area contributed by atoms with Crippen LogP contribution in [0.2, 0.25) is 5.02 Å². The summed E-state index contributed by atoms with van der Waals surface area (Å²) < 4.78 is 0. The normalized spacial score (nSPS) is 12.5. The molecule has 0 saturated heterocycles. The van der Waals surface area contributed by atoms with Crippen LogP contribution < -0.4 is 0 Å². The summed E-state index contributed by atoms with van der Waals surface area (Å²) >= 11 is 11.6. The lowest BCUT2D eigenvalue weighted by Crippen LogP contribution is -2.13. The number of rotatable bonds is 3. The van der Waals surface area contributed by atoms with Crippen LogP contribution in [-0.4, -0.2) is 11.2 Å². The molecule has 0 bridgehead atoms. The van der Waals surface area contributed by atoms with E-state index in [0.29, 0.717) is 11.4 Å². The van der Waals surface area contributed by atoms with E-state index in [2.05, 4.69) is 0 Å². The summed E-state index contributed by atoms with van der Waals surface area (Å²) in [6.07, 6.45) is 0.539. The van der Waals surface area contributed by atoms with Crippen molar-refractivity contribution in [2.75, 3.05) is 0 Å². The highest BCUT2D eigenvalue weighted by atomic mass is 35.5. The number of carbonyl (C=O) groups is 1. The third-order valence-corrected chi connectivity index (χ3v) is 2.44. The van der Waals surface area contributed by atoms with E-state index in [-0.39, 0.29) is 5.78 Å². The number of Topliss-reactive ketones (excluding diaryl/α,β-unsaturated/α-hetero) is 1. The Bertz CT molecular complexity index is 310. The highest BCUT2D eigenvalue weighted by Gasteiger charge is 2.10. The summed E-state index contributed by atoms with van der Waals surface area (Å²) in [5, 5.41) is 0.225. The van der Waals surface area contributed by atoms with Crippen LogP contribution in [0.5, 0.6) is 0 Å². The summed E-state index contributed by atoms with van der Waals surface area (Å²) in [5.74, 6) is -0.0124. The van der Waals surface area contributed by atoms with Gasteiger partial charge in [-0.2, -0.15) is 0 Å². The minimum Gasteiger partial charge on any atom is -0.298 e. The SMILES string of the molecule is CC(=O)[C@@H](Cl)Cc1cccc(Cl)c1. The molecular formula is C10H10Cl2O. The molecule has 0 N–H and O–H groups in total. The molecule has 0 radical (unpaired) electrons. The summed E-state index contributed by atoms with van der Waals surface area (Å²) in [6.45, 7) is 1.49. The summed E-state index contributed by atoms with van der Waals surface area (Å²) in [4.78, 5) is 10.9. The Labute approximate surface area is 87.7 Å². The van der Waals surface area contributed by atoms with Gasteiger partial charge in [-0.15, -0.1) is 11.6 Å². The van der Waals surface area contributed by atoms with Crippen molar-refractivity contribution in [1.29, 1.82) is 0 Å². The second-order valence-electron chi connectivity index (χ2n) is 2.91. The molecule has 0 heterocycles. The van der Waals surface area contributed by atoms with Crippen molar-refractivity contribution < 1.29 is 4.79 Å². The molecule has 0 spiro atoms. The van der Waals surface area contributed by atoms with Gasteiger partial charge in [-0.1, -0.05) is 23.7 Å². The van der Waals surface area contributed by atoms with Crippen molar-refractivity contribution in [2.45, 2.75) is 18.7 Å². The van der Waals surface area contributed by atoms with Crippen molar-refractivity contribution in [3.8, 4) is 0 Å². The standard InChI is InChI=1S/C10H10Cl2O/c1-7(13)10(12)6-8-3-2-4-9(11)5-8/h2-5,10H,6H2,1H3/t10-/m0/s1. The van der Waals surface area contributed by atoms with Gasteiger partial charge in [0.25, 0.3) is 0 Å². The van der Waals surface area contributed by atoms with Gasteiger partial charge < -0.3 is 0 Å². The summed E-state index contributed by atoms with van der Waals surface area (Å²) in [5.41, 5.74) is 0.989. The number of hydrogen-bond donors (Lipinski definition) is 0. The van der Waals surface area contributed by atoms with Crippen LogP contribution in [0.25, 0.3) is 0 Å². The topological polar surface area (TPSA) is 17.1 Å². The van der Waals surface area contributed by atoms with E-state index in [1.807, 2.05) is 18.2 Å². The zero-order chi connectivity index (χ0) is 9.84. The number of hydrogen-bond acceptors (Lipinski definition) is 1. The minimum atomic E-state index is -0.446. The maximum Gasteiger partial charge on any atom is 0.147 e. The van der Waals surface area contributed by atoms with Crippen LogP contribution in [0.15, 0.2) is 24.3 Å². The van der Waals surface area contributed by atoms with Crippen LogP contribution >= 0.6 is 23.2 Å². The predicted molar refractivity (Wildman–Crippen MR) is 55.5 cm³/mol. The average molecular weight is 217 g/mol. The molecule has 0 amide bonds. The molecule has 0 aliphatic carbocycles. The fraction of sp³-hybridized carbons (Fsp3) is 0.300. The van der Waals surface area contributed by atoms with E-state index >= 15 is 0 Å². The van der Waals surface area contributed by atoms with Gasteiger partial charge in [-0.3, -0.25) is 4.79 Å². The Hall–Kier alpha value is -0.530. The first-order valence-electron chi connectivity index (χ1n) is 3.98. The van der Waals surface area contributed by atoms with Crippen LogP contribution in [0.1, 0.15) is 12.5 Å². The number of ketones is 1. The molecule has 1 aromatic rings. The zero-order valence-corrected chi connectivity index (χ0v) is 8.77. The van der Waals surface area contributed by atoms with Gasteiger partial charge in [0.15, 0.2) is 0 Å². The molecule has 0 aromatic heterocycles. The van der Waals surface area contributed by atoms with Gasteiger partial charge in [0.2, 0.25) is 0 Å². The van der Waals surface area contributed by atoms with Gasteiger partial charge in [0.05, 0.1) is 5.38 Å². The van der Waals surface area contributed by atoms with Crippen LogP contribution in [-0.2, 0) is 11.2 Å². The van der Waals surface area contributed by atoms with E-state index in [4.69, 9.17) is 23.2 Å². The van der Waals surface area contributed by atoms with Gasteiger partial charge in [-0.05, 0) is 31.0 Å². The van der Waals surface area contributed by atoms with Gasteiger partial charge in [0, 0.05) is 5.02 Å². The lowest BCUT2D eigenvalue weighted by Gasteiger charge is -2.05. The molecule has 3 heteroatoms. The third-order valence-electron chi connectivity index (χ3n) is 1.75. The number of alkyl halides is 1. The van der Waals surface area contributed by atoms with Crippen LogP contribution in [0.4, 0.5) is 0 Å². The van der Waals surface area contributed by atoms with Crippen LogP contribution in [0.3, 0.4) is 0 Å². The van der Waals surface area contributed by atoms with Crippen molar-refractivity contribution in [1.82, 2.24) is 0 Å². The molecule has 13 heavy (non-hydrogen) atoms. The molecule has 1 nitrogen and oxygen atoms in total. The Morgan fingerprint density at radius 1 is 1.54 bits per heavy atom. The lowest BCUT2D eigenvalue weighted by atomic mass is 10.1. The predicted octanol–water partition coefficient (Wildman–Crippen LogP) is 3.08. The molecule has 1 atom stereocenters. The molecule has 1 rings (SSSR count). The average Bonchev–Trinajstić information content (AvgIpc) is 2.04. The molecule has 0 aliphatic rings. The largest absolute Gasteiger partial charge is 0.298 e. The fourth-order valence-electron chi connectivity index (χ4n) is 1.01. The highest BCUT2D eigenvalue weighted by Crippen LogP contribution is 2.14. The Kier molecular flexibility index (Phi) is 3.76. The van der Waals surface area contributed by atoms with Gasteiger partial charge in [-0.25, -0.2) is 0 Å². The number of carbonyl (C=O) groups excluding carboxylic acids is 1. The number of benzene rings is 1. The molecule has 1 aromatic carbocycles. The molecule has 0 unspecified atom stereocenters. The first-order chi connectivity index (χ1) is 6.09. The minimum absolute atomic E-state index is 0.0124. The van der Waals surface area contributed by atoms with E-state index < -0.39 is 5.38 Å². The van der Waals surface area contributed by atoms with Crippen molar-refractivity contribution in [3.05, 3.63) is 34.9 Å². The second-order valence-corrected chi connectivity index (χ2v) is 3.88. The van der Waals surface area contributed by atoms with E-state index in [0.717, 1.165) is 5.56 Å².